The molecule has 0 aliphatic rings. The molecule has 84 valence electrons. The predicted octanol–water partition coefficient (Wildman–Crippen LogP) is 4.87. The highest BCUT2D eigenvalue weighted by atomic mass is 79.9. The van der Waals surface area contributed by atoms with Crippen molar-refractivity contribution in [3.05, 3.63) is 34.1 Å². The average Bonchev–Trinajstić information content (AvgIpc) is 2.10. The van der Waals surface area contributed by atoms with Crippen LogP contribution in [0.2, 0.25) is 0 Å². The summed E-state index contributed by atoms with van der Waals surface area (Å²) in [6.07, 6.45) is 1.22. The normalized spacial score (nSPS) is 11.0. The molecule has 1 aromatic carbocycles. The van der Waals surface area contributed by atoms with Gasteiger partial charge in [0.1, 0.15) is 5.82 Å². The van der Waals surface area contributed by atoms with E-state index < -0.39 is 0 Å². The maximum absolute atomic E-state index is 13.0. The van der Waals surface area contributed by atoms with E-state index in [-0.39, 0.29) is 5.82 Å². The second-order valence-corrected chi connectivity index (χ2v) is 6.03. The van der Waals surface area contributed by atoms with Crippen LogP contribution in [0.4, 0.5) is 4.39 Å². The number of halogens is 2. The van der Waals surface area contributed by atoms with Crippen molar-refractivity contribution in [1.82, 2.24) is 0 Å². The van der Waals surface area contributed by atoms with Crippen molar-refractivity contribution >= 4 is 27.7 Å². The molecule has 0 N–H and O–H groups in total. The van der Waals surface area contributed by atoms with Crippen molar-refractivity contribution in [2.45, 2.75) is 26.0 Å². The van der Waals surface area contributed by atoms with Gasteiger partial charge in [-0.25, -0.2) is 4.39 Å². The molecule has 0 aliphatic carbocycles. The van der Waals surface area contributed by atoms with Gasteiger partial charge in [0.25, 0.3) is 0 Å². The van der Waals surface area contributed by atoms with Crippen molar-refractivity contribution < 1.29 is 4.39 Å². The minimum Gasteiger partial charge on any atom is -0.207 e. The molecule has 0 aromatic heterocycles. The molecule has 0 saturated carbocycles. The minimum absolute atomic E-state index is 0.163. The molecule has 3 heteroatoms. The molecule has 0 atom stereocenters. The first-order valence-corrected chi connectivity index (χ1v) is 7.05. The van der Waals surface area contributed by atoms with E-state index in [1.165, 1.54) is 12.5 Å². The molecule has 0 spiro atoms. The number of thioether (sulfide) groups is 1. The predicted molar refractivity (Wildman–Crippen MR) is 69.7 cm³/mol. The summed E-state index contributed by atoms with van der Waals surface area (Å²) < 4.78 is 13.8. The van der Waals surface area contributed by atoms with Gasteiger partial charge in [0.2, 0.25) is 0 Å². The monoisotopic (exact) mass is 290 g/mol. The van der Waals surface area contributed by atoms with Gasteiger partial charge < -0.3 is 0 Å². The van der Waals surface area contributed by atoms with E-state index in [0.717, 1.165) is 27.5 Å². The summed E-state index contributed by atoms with van der Waals surface area (Å²) in [5, 5.41) is 0. The highest BCUT2D eigenvalue weighted by Crippen LogP contribution is 2.20. The van der Waals surface area contributed by atoms with Gasteiger partial charge in [-0.15, -0.1) is 0 Å². The van der Waals surface area contributed by atoms with Gasteiger partial charge in [-0.05, 0) is 41.9 Å². The molecule has 0 saturated heterocycles. The van der Waals surface area contributed by atoms with E-state index in [9.17, 15) is 4.39 Å². The minimum atomic E-state index is -0.163. The van der Waals surface area contributed by atoms with E-state index >= 15 is 0 Å². The number of rotatable bonds is 5. The second-order valence-electron chi connectivity index (χ2n) is 4.01. The molecule has 15 heavy (non-hydrogen) atoms. The number of benzene rings is 1. The Kier molecular flexibility index (Phi) is 5.69. The molecule has 0 radical (unpaired) electrons. The first kappa shape index (κ1) is 13.0. The molecule has 0 unspecified atom stereocenters. The molecular weight excluding hydrogens is 275 g/mol. The Labute approximate surface area is 104 Å². The maximum atomic E-state index is 13.0. The Hall–Kier alpha value is -0.0200. The fourth-order valence-electron chi connectivity index (χ4n) is 1.20. The summed E-state index contributed by atoms with van der Waals surface area (Å²) in [4.78, 5) is 0. The summed E-state index contributed by atoms with van der Waals surface area (Å²) >= 11 is 5.16. The van der Waals surface area contributed by atoms with Crippen LogP contribution in [0.3, 0.4) is 0 Å². The first-order chi connectivity index (χ1) is 7.08. The molecule has 1 aromatic rings. The van der Waals surface area contributed by atoms with Crippen molar-refractivity contribution in [2.24, 2.45) is 5.92 Å². The van der Waals surface area contributed by atoms with E-state index in [2.05, 4.69) is 29.8 Å². The Bertz CT molecular complexity index is 292. The van der Waals surface area contributed by atoms with Gasteiger partial charge >= 0.3 is 0 Å². The second kappa shape index (κ2) is 6.54. The van der Waals surface area contributed by atoms with Gasteiger partial charge in [0.15, 0.2) is 0 Å². The Morgan fingerprint density at radius 1 is 1.33 bits per heavy atom. The molecule has 0 nitrogen and oxygen atoms in total. The molecule has 0 fully saturated rings. The first-order valence-electron chi connectivity index (χ1n) is 5.10. The fraction of sp³-hybridized carbons (Fsp3) is 0.500. The average molecular weight is 291 g/mol. The summed E-state index contributed by atoms with van der Waals surface area (Å²) in [5.41, 5.74) is 1.05. The van der Waals surface area contributed by atoms with Gasteiger partial charge in [-0.2, -0.15) is 11.8 Å². The number of hydrogen-bond acceptors (Lipinski definition) is 1. The standard InChI is InChI=1S/C12H16BrFS/c1-9(2)3-4-15-8-10-5-11(13)7-12(14)6-10/h5-7,9H,3-4,8H2,1-2H3. The van der Waals surface area contributed by atoms with Crippen LogP contribution in [0.5, 0.6) is 0 Å². The van der Waals surface area contributed by atoms with E-state index in [1.807, 2.05) is 17.8 Å². The van der Waals surface area contributed by atoms with Crippen LogP contribution in [0.25, 0.3) is 0 Å². The highest BCUT2D eigenvalue weighted by molar-refractivity contribution is 9.10. The zero-order valence-corrected chi connectivity index (χ0v) is 11.5. The third-order valence-electron chi connectivity index (χ3n) is 2.03. The zero-order chi connectivity index (χ0) is 11.3. The lowest BCUT2D eigenvalue weighted by molar-refractivity contribution is 0.625. The molecule has 0 bridgehead atoms. The van der Waals surface area contributed by atoms with Crippen LogP contribution in [0, 0.1) is 11.7 Å². The summed E-state index contributed by atoms with van der Waals surface area (Å²) in [7, 11) is 0. The Morgan fingerprint density at radius 3 is 2.67 bits per heavy atom. The summed E-state index contributed by atoms with van der Waals surface area (Å²) in [6.45, 7) is 4.44. The topological polar surface area (TPSA) is 0 Å². The van der Waals surface area contributed by atoms with Gasteiger partial charge in [-0.3, -0.25) is 0 Å². The smallest absolute Gasteiger partial charge is 0.124 e. The molecule has 0 aliphatic heterocycles. The van der Waals surface area contributed by atoms with Crippen LogP contribution < -0.4 is 0 Å². The molecule has 0 heterocycles. The maximum Gasteiger partial charge on any atom is 0.124 e. The lowest BCUT2D eigenvalue weighted by Gasteiger charge is -2.05. The lowest BCUT2D eigenvalue weighted by Crippen LogP contribution is -1.91. The van der Waals surface area contributed by atoms with E-state index in [4.69, 9.17) is 0 Å². The molecular formula is C12H16BrFS. The SMILES string of the molecule is CC(C)CCSCc1cc(F)cc(Br)c1. The summed E-state index contributed by atoms with van der Waals surface area (Å²) in [6, 6.07) is 5.07. The van der Waals surface area contributed by atoms with Crippen molar-refractivity contribution in [2.75, 3.05) is 5.75 Å². The van der Waals surface area contributed by atoms with Gasteiger partial charge in [0.05, 0.1) is 0 Å². The quantitative estimate of drug-likeness (QED) is 0.698. The number of hydrogen-bond donors (Lipinski definition) is 0. The van der Waals surface area contributed by atoms with Crippen LogP contribution in [0.1, 0.15) is 25.8 Å². The zero-order valence-electron chi connectivity index (χ0n) is 9.09. The lowest BCUT2D eigenvalue weighted by atomic mass is 10.2. The van der Waals surface area contributed by atoms with E-state index in [1.54, 1.807) is 6.07 Å². The molecule has 0 amide bonds. The third-order valence-corrected chi connectivity index (χ3v) is 3.55. The van der Waals surface area contributed by atoms with Crippen LogP contribution in [-0.2, 0) is 5.75 Å². The van der Waals surface area contributed by atoms with Crippen molar-refractivity contribution in [1.29, 1.82) is 0 Å². The fourth-order valence-corrected chi connectivity index (χ4v) is 2.90. The molecule has 1 rings (SSSR count). The Morgan fingerprint density at radius 2 is 2.07 bits per heavy atom. The van der Waals surface area contributed by atoms with Gasteiger partial charge in [-0.1, -0.05) is 29.8 Å². The highest BCUT2D eigenvalue weighted by Gasteiger charge is 2.00. The van der Waals surface area contributed by atoms with Crippen molar-refractivity contribution in [3.63, 3.8) is 0 Å². The third kappa shape index (κ3) is 5.57. The van der Waals surface area contributed by atoms with Crippen molar-refractivity contribution in [3.8, 4) is 0 Å². The van der Waals surface area contributed by atoms with Gasteiger partial charge in [0, 0.05) is 10.2 Å². The largest absolute Gasteiger partial charge is 0.207 e. The van der Waals surface area contributed by atoms with E-state index in [0.29, 0.717) is 0 Å². The van der Waals surface area contributed by atoms with Crippen LogP contribution in [0.15, 0.2) is 22.7 Å². The van der Waals surface area contributed by atoms with Crippen LogP contribution in [-0.4, -0.2) is 5.75 Å². The Balaban J connectivity index is 2.37. The van der Waals surface area contributed by atoms with Crippen LogP contribution >= 0.6 is 27.7 Å². The summed E-state index contributed by atoms with van der Waals surface area (Å²) in [5.74, 6) is 2.62.